The minimum absolute atomic E-state index is 0.0755. The van der Waals surface area contributed by atoms with Gasteiger partial charge in [-0.1, -0.05) is 17.4 Å². The SMILES string of the molecule is O=C(CCl)Nc1nnc(-c2cccs2)s1. The molecule has 0 bridgehead atoms. The fourth-order valence-corrected chi connectivity index (χ4v) is 2.54. The topological polar surface area (TPSA) is 54.9 Å². The number of anilines is 1. The first kappa shape index (κ1) is 10.5. The number of hydrogen-bond donors (Lipinski definition) is 1. The summed E-state index contributed by atoms with van der Waals surface area (Å²) in [5.74, 6) is -0.348. The molecule has 15 heavy (non-hydrogen) atoms. The van der Waals surface area contributed by atoms with Crippen LogP contribution in [0.15, 0.2) is 17.5 Å². The first-order valence-electron chi connectivity index (χ1n) is 4.03. The van der Waals surface area contributed by atoms with E-state index in [9.17, 15) is 4.79 Å². The van der Waals surface area contributed by atoms with Crippen LogP contribution in [0.25, 0.3) is 9.88 Å². The van der Waals surface area contributed by atoms with Crippen LogP contribution >= 0.6 is 34.3 Å². The highest BCUT2D eigenvalue weighted by molar-refractivity contribution is 7.23. The number of nitrogens with one attached hydrogen (secondary N) is 1. The average Bonchev–Trinajstić information content (AvgIpc) is 2.85. The van der Waals surface area contributed by atoms with Crippen molar-refractivity contribution >= 4 is 45.3 Å². The Morgan fingerprint density at radius 2 is 2.40 bits per heavy atom. The van der Waals surface area contributed by atoms with E-state index in [1.165, 1.54) is 11.3 Å². The van der Waals surface area contributed by atoms with Gasteiger partial charge in [-0.15, -0.1) is 33.1 Å². The van der Waals surface area contributed by atoms with Crippen LogP contribution in [0.1, 0.15) is 0 Å². The molecule has 0 saturated carbocycles. The summed E-state index contributed by atoms with van der Waals surface area (Å²) in [5, 5.41) is 13.6. The Morgan fingerprint density at radius 1 is 1.53 bits per heavy atom. The van der Waals surface area contributed by atoms with Crippen molar-refractivity contribution in [3.05, 3.63) is 17.5 Å². The molecule has 0 aliphatic heterocycles. The van der Waals surface area contributed by atoms with E-state index < -0.39 is 0 Å². The van der Waals surface area contributed by atoms with Gasteiger partial charge in [0.15, 0.2) is 5.01 Å². The number of carbonyl (C=O) groups is 1. The molecule has 0 fully saturated rings. The predicted molar refractivity (Wildman–Crippen MR) is 62.6 cm³/mol. The van der Waals surface area contributed by atoms with Gasteiger partial charge in [-0.3, -0.25) is 10.1 Å². The molecule has 0 saturated heterocycles. The molecule has 78 valence electrons. The smallest absolute Gasteiger partial charge is 0.241 e. The molecule has 0 radical (unpaired) electrons. The number of halogens is 1. The first-order chi connectivity index (χ1) is 7.29. The lowest BCUT2D eigenvalue weighted by Crippen LogP contribution is -2.12. The van der Waals surface area contributed by atoms with E-state index in [1.54, 1.807) is 11.3 Å². The Kier molecular flexibility index (Phi) is 3.30. The van der Waals surface area contributed by atoms with Crippen molar-refractivity contribution in [2.45, 2.75) is 0 Å². The van der Waals surface area contributed by atoms with Crippen LogP contribution in [0.3, 0.4) is 0 Å². The molecule has 0 aliphatic carbocycles. The van der Waals surface area contributed by atoms with E-state index in [4.69, 9.17) is 11.6 Å². The standard InChI is InChI=1S/C8H6ClN3OS2/c9-4-6(13)10-8-12-11-7(15-8)5-2-1-3-14-5/h1-3H,4H2,(H,10,12,13). The summed E-state index contributed by atoms with van der Waals surface area (Å²) < 4.78 is 0. The quantitative estimate of drug-likeness (QED) is 0.862. The van der Waals surface area contributed by atoms with Gasteiger partial charge in [0, 0.05) is 0 Å². The van der Waals surface area contributed by atoms with Crippen LogP contribution in [-0.2, 0) is 4.79 Å². The van der Waals surface area contributed by atoms with Crippen molar-refractivity contribution in [3.63, 3.8) is 0 Å². The van der Waals surface area contributed by atoms with Crippen LogP contribution in [0.4, 0.5) is 5.13 Å². The predicted octanol–water partition coefficient (Wildman–Crippen LogP) is 2.44. The van der Waals surface area contributed by atoms with Gasteiger partial charge in [-0.25, -0.2) is 0 Å². The Labute approximate surface area is 98.9 Å². The number of alkyl halides is 1. The van der Waals surface area contributed by atoms with Crippen LogP contribution < -0.4 is 5.32 Å². The molecule has 1 amide bonds. The second-order valence-electron chi connectivity index (χ2n) is 2.57. The number of amides is 1. The van der Waals surface area contributed by atoms with E-state index >= 15 is 0 Å². The van der Waals surface area contributed by atoms with Crippen molar-refractivity contribution in [3.8, 4) is 9.88 Å². The molecule has 2 rings (SSSR count). The van der Waals surface area contributed by atoms with E-state index in [-0.39, 0.29) is 11.8 Å². The van der Waals surface area contributed by atoms with E-state index in [0.29, 0.717) is 5.13 Å². The van der Waals surface area contributed by atoms with Crippen molar-refractivity contribution in [1.29, 1.82) is 0 Å². The summed E-state index contributed by atoms with van der Waals surface area (Å²) in [7, 11) is 0. The fourth-order valence-electron chi connectivity index (χ4n) is 0.926. The van der Waals surface area contributed by atoms with Crippen molar-refractivity contribution in [2.75, 3.05) is 11.2 Å². The summed E-state index contributed by atoms with van der Waals surface area (Å²) >= 11 is 8.27. The van der Waals surface area contributed by atoms with Gasteiger partial charge in [0.2, 0.25) is 11.0 Å². The molecule has 1 N–H and O–H groups in total. The summed E-state index contributed by atoms with van der Waals surface area (Å²) in [6.45, 7) is 0. The van der Waals surface area contributed by atoms with Crippen molar-refractivity contribution < 1.29 is 4.79 Å². The van der Waals surface area contributed by atoms with E-state index in [2.05, 4.69) is 15.5 Å². The lowest BCUT2D eigenvalue weighted by molar-refractivity contribution is -0.113. The fraction of sp³-hybridized carbons (Fsp3) is 0.125. The summed E-state index contributed by atoms with van der Waals surface area (Å²) in [6, 6.07) is 3.90. The van der Waals surface area contributed by atoms with Crippen molar-refractivity contribution in [2.24, 2.45) is 0 Å². The van der Waals surface area contributed by atoms with Crippen LogP contribution in [0.2, 0.25) is 0 Å². The normalized spacial score (nSPS) is 10.2. The highest BCUT2D eigenvalue weighted by Crippen LogP contribution is 2.29. The Hall–Kier alpha value is -0.980. The number of rotatable bonds is 3. The van der Waals surface area contributed by atoms with Gasteiger partial charge < -0.3 is 0 Å². The minimum atomic E-state index is -0.273. The zero-order valence-electron chi connectivity index (χ0n) is 7.44. The van der Waals surface area contributed by atoms with Gasteiger partial charge in [0.1, 0.15) is 5.88 Å². The first-order valence-corrected chi connectivity index (χ1v) is 6.26. The van der Waals surface area contributed by atoms with Crippen LogP contribution in [-0.4, -0.2) is 22.0 Å². The van der Waals surface area contributed by atoms with E-state index in [0.717, 1.165) is 9.88 Å². The lowest BCUT2D eigenvalue weighted by Gasteiger charge is -1.93. The minimum Gasteiger partial charge on any atom is -0.299 e. The zero-order chi connectivity index (χ0) is 10.7. The molecule has 0 unspecified atom stereocenters. The monoisotopic (exact) mass is 259 g/mol. The lowest BCUT2D eigenvalue weighted by atomic mass is 10.5. The highest BCUT2D eigenvalue weighted by Gasteiger charge is 2.09. The number of hydrogen-bond acceptors (Lipinski definition) is 5. The molecular weight excluding hydrogens is 254 g/mol. The van der Waals surface area contributed by atoms with Gasteiger partial charge in [-0.2, -0.15) is 0 Å². The zero-order valence-corrected chi connectivity index (χ0v) is 9.83. The Morgan fingerprint density at radius 3 is 3.07 bits per heavy atom. The number of carbonyl (C=O) groups excluding carboxylic acids is 1. The number of nitrogens with zero attached hydrogens (tertiary/aromatic N) is 2. The molecular formula is C8H6ClN3OS2. The molecule has 7 heteroatoms. The van der Waals surface area contributed by atoms with Gasteiger partial charge in [0.25, 0.3) is 0 Å². The molecule has 4 nitrogen and oxygen atoms in total. The molecule has 0 aromatic carbocycles. The second-order valence-corrected chi connectivity index (χ2v) is 4.76. The Balaban J connectivity index is 2.14. The number of thiophene rings is 1. The summed E-state index contributed by atoms with van der Waals surface area (Å²) in [5.41, 5.74) is 0. The number of aromatic nitrogens is 2. The second kappa shape index (κ2) is 4.69. The molecule has 2 aromatic rings. The molecule has 2 aromatic heterocycles. The highest BCUT2D eigenvalue weighted by atomic mass is 35.5. The summed E-state index contributed by atoms with van der Waals surface area (Å²) in [6.07, 6.45) is 0. The molecule has 0 aliphatic rings. The van der Waals surface area contributed by atoms with Crippen LogP contribution in [0.5, 0.6) is 0 Å². The Bertz CT molecular complexity index is 454. The third-order valence-corrected chi connectivity index (χ3v) is 3.65. The summed E-state index contributed by atoms with van der Waals surface area (Å²) in [4.78, 5) is 12.0. The largest absolute Gasteiger partial charge is 0.299 e. The average molecular weight is 260 g/mol. The maximum absolute atomic E-state index is 11.0. The van der Waals surface area contributed by atoms with Crippen LogP contribution in [0, 0.1) is 0 Å². The third-order valence-electron chi connectivity index (χ3n) is 1.52. The van der Waals surface area contributed by atoms with Gasteiger partial charge in [0.05, 0.1) is 4.88 Å². The van der Waals surface area contributed by atoms with Gasteiger partial charge >= 0.3 is 0 Å². The maximum atomic E-state index is 11.0. The van der Waals surface area contributed by atoms with E-state index in [1.807, 2.05) is 17.5 Å². The molecule has 2 heterocycles. The maximum Gasteiger partial charge on any atom is 0.241 e. The molecule has 0 atom stereocenters. The van der Waals surface area contributed by atoms with Crippen molar-refractivity contribution in [1.82, 2.24) is 10.2 Å². The van der Waals surface area contributed by atoms with Gasteiger partial charge in [-0.05, 0) is 11.4 Å². The molecule has 0 spiro atoms. The third kappa shape index (κ3) is 2.53.